The van der Waals surface area contributed by atoms with Crippen molar-refractivity contribution in [3.05, 3.63) is 35.4 Å². The number of carbonyl (C=O) groups excluding carboxylic acids is 4. The van der Waals surface area contributed by atoms with Gasteiger partial charge < -0.3 is 46.0 Å². The number of benzene rings is 1. The average molecular weight is 1050 g/mol. The van der Waals surface area contributed by atoms with E-state index in [1.54, 1.807) is 26.5 Å². The molecule has 0 aromatic heterocycles. The molecule has 1 heterocycles. The van der Waals surface area contributed by atoms with Gasteiger partial charge in [0.25, 0.3) is 6.47 Å². The Balaban J connectivity index is 0.0000198. The number of nitrogens with zero attached hydrogens (tertiary/aromatic N) is 5. The van der Waals surface area contributed by atoms with Gasteiger partial charge in [-0.05, 0) is 51.5 Å². The molecule has 1 saturated heterocycles. The zero-order chi connectivity index (χ0) is 45.9. The molecule has 1 aliphatic rings. The van der Waals surface area contributed by atoms with E-state index < -0.39 is 42.2 Å². The van der Waals surface area contributed by atoms with E-state index in [2.05, 4.69) is 16.0 Å². The summed E-state index contributed by atoms with van der Waals surface area (Å²) in [5.74, 6) is -4.44. The van der Waals surface area contributed by atoms with Crippen molar-refractivity contribution in [2.75, 3.05) is 91.6 Å². The molecule has 7 N–H and O–H groups in total. The summed E-state index contributed by atoms with van der Waals surface area (Å²) in [6.07, 6.45) is 1.80. The summed E-state index contributed by atoms with van der Waals surface area (Å²) in [7, 11) is 0. The van der Waals surface area contributed by atoms with Crippen LogP contribution in [0.3, 0.4) is 0 Å². The van der Waals surface area contributed by atoms with E-state index in [1.807, 2.05) is 36.1 Å². The number of aryl methyl sites for hydroxylation is 1. The minimum Gasteiger partial charge on any atom is -0.481 e. The van der Waals surface area contributed by atoms with Crippen LogP contribution in [0.25, 0.3) is 0 Å². The third-order valence-corrected chi connectivity index (χ3v) is 10.2. The Kier molecular flexibility index (Phi) is 29.3. The minimum absolute atomic E-state index is 0. The van der Waals surface area contributed by atoms with Crippen LogP contribution < -0.4 is 16.0 Å². The summed E-state index contributed by atoms with van der Waals surface area (Å²) in [6, 6.07) is 6.84. The van der Waals surface area contributed by atoms with Gasteiger partial charge in [0.2, 0.25) is 11.8 Å². The fourth-order valence-corrected chi connectivity index (χ4v) is 6.73. The van der Waals surface area contributed by atoms with Crippen molar-refractivity contribution in [2.45, 2.75) is 84.0 Å². The molecule has 21 nitrogen and oxygen atoms in total. The Labute approximate surface area is 398 Å². The van der Waals surface area contributed by atoms with Crippen molar-refractivity contribution in [3.63, 3.8) is 0 Å². The molecule has 360 valence electrons. The van der Waals surface area contributed by atoms with Gasteiger partial charge in [0.15, 0.2) is 6.23 Å². The average Bonchev–Trinajstić information content (AvgIpc) is 3.19. The van der Waals surface area contributed by atoms with E-state index in [4.69, 9.17) is 9.84 Å². The number of nitrogens with one attached hydrogen (secondary N) is 3. The molecule has 22 heteroatoms. The van der Waals surface area contributed by atoms with Gasteiger partial charge in [0, 0.05) is 97.3 Å². The summed E-state index contributed by atoms with van der Waals surface area (Å²) in [5, 5.41) is 45.3. The Morgan fingerprint density at radius 1 is 0.683 bits per heavy atom. The van der Waals surface area contributed by atoms with E-state index in [0.29, 0.717) is 71.5 Å². The molecule has 63 heavy (non-hydrogen) atoms. The van der Waals surface area contributed by atoms with Crippen LogP contribution in [-0.2, 0) is 44.8 Å². The molecule has 1 aromatic rings. The first-order chi connectivity index (χ1) is 29.5. The van der Waals surface area contributed by atoms with Crippen LogP contribution in [0.15, 0.2) is 24.3 Å². The molecule has 4 amide bonds. The fraction of sp³-hybridized carbons (Fsp3) is 0.659. The molecule has 1 fully saturated rings. The van der Waals surface area contributed by atoms with Crippen molar-refractivity contribution in [1.29, 1.82) is 0 Å². The second kappa shape index (κ2) is 32.5. The second-order valence-corrected chi connectivity index (χ2v) is 15.6. The minimum atomic E-state index is -1.04. The van der Waals surface area contributed by atoms with Gasteiger partial charge in [-0.25, -0.2) is 4.79 Å². The molecule has 2 atom stereocenters. The Bertz CT molecular complexity index is 1560. The molecular formula is C41H66LuN8O13+3. The van der Waals surface area contributed by atoms with Crippen molar-refractivity contribution in [1.82, 2.24) is 40.4 Å². The number of carboxylic acids is 4. The largest absolute Gasteiger partial charge is 3.00 e. The molecule has 0 bridgehead atoms. The summed E-state index contributed by atoms with van der Waals surface area (Å²) < 4.78 is 5.05. The van der Waals surface area contributed by atoms with Gasteiger partial charge in [-0.15, -0.1) is 0 Å². The zero-order valence-electron chi connectivity index (χ0n) is 36.3. The molecular weight excluding hydrogens is 987 g/mol. The van der Waals surface area contributed by atoms with Gasteiger partial charge in [-0.2, -0.15) is 0 Å². The van der Waals surface area contributed by atoms with Crippen molar-refractivity contribution < 1.29 is 100 Å². The second-order valence-electron chi connectivity index (χ2n) is 15.6. The third-order valence-electron chi connectivity index (χ3n) is 10.2. The van der Waals surface area contributed by atoms with Crippen LogP contribution in [-0.4, -0.2) is 197 Å². The van der Waals surface area contributed by atoms with Crippen molar-refractivity contribution >= 4 is 48.2 Å². The van der Waals surface area contributed by atoms with Crippen molar-refractivity contribution in [3.8, 4) is 0 Å². The number of carbonyl (C=O) groups is 8. The van der Waals surface area contributed by atoms with E-state index in [-0.39, 0.29) is 133 Å². The molecule has 0 aliphatic carbocycles. The Hall–Kier alpha value is -4.15. The number of ether oxygens (including phenoxy) is 1. The summed E-state index contributed by atoms with van der Waals surface area (Å²) in [5.41, 5.74) is 2.03. The Morgan fingerprint density at radius 3 is 1.67 bits per heavy atom. The maximum absolute atomic E-state index is 13.5. The molecule has 0 radical (unpaired) electrons. The number of aliphatic carboxylic acids is 4. The van der Waals surface area contributed by atoms with E-state index in [9.17, 15) is 53.7 Å². The van der Waals surface area contributed by atoms with E-state index in [0.717, 1.165) is 11.1 Å². The third kappa shape index (κ3) is 27.6. The predicted molar refractivity (Wildman–Crippen MR) is 225 cm³/mol. The van der Waals surface area contributed by atoms with Gasteiger partial charge in [-0.3, -0.25) is 53.2 Å². The maximum Gasteiger partial charge on any atom is 3.00 e. The van der Waals surface area contributed by atoms with Gasteiger partial charge in [0.05, 0.1) is 26.2 Å². The predicted octanol–water partition coefficient (Wildman–Crippen LogP) is 0.307. The number of urea groups is 1. The number of rotatable bonds is 27. The first-order valence-electron chi connectivity index (χ1n) is 21.1. The molecule has 0 spiro atoms. The molecule has 2 rings (SSSR count). The molecule has 0 unspecified atom stereocenters. The smallest absolute Gasteiger partial charge is 0.481 e. The van der Waals surface area contributed by atoms with Crippen LogP contribution in [0.2, 0.25) is 0 Å². The standard InChI is InChI=1S/C41H66N8O13.Lu/c1-31-9-12-33(13-10-31)25-49(16-6-4-7-35(62-30-50)44-41(61)43-32(2)11-14-37(53)54)36(52)8-3-5-15-42-34(51)26-45-17-19-46(27-38(55)56)21-23-48(29-40(59)60)24-22-47(20-18-45)28-39(57)58;/h9-10,12-13,30,32,35H,3-8,11,14-29H2,1-2H3,(H,42,51)(H,53,54)(H,55,56)(H,57,58)(H,59,60)(H2,43,44,61);/q;+3/t32-,35+;/m1./s1. The normalized spacial score (nSPS) is 15.5. The number of unbranched alkanes of at least 4 members (excludes halogenated alkanes) is 2. The summed E-state index contributed by atoms with van der Waals surface area (Å²) >= 11 is 0. The van der Waals surface area contributed by atoms with Gasteiger partial charge in [-0.1, -0.05) is 29.8 Å². The van der Waals surface area contributed by atoms with Crippen LogP contribution in [0.1, 0.15) is 69.4 Å². The van der Waals surface area contributed by atoms with E-state index in [1.165, 1.54) is 0 Å². The van der Waals surface area contributed by atoms with Crippen LogP contribution in [0.4, 0.5) is 4.79 Å². The zero-order valence-corrected chi connectivity index (χ0v) is 37.9. The number of amides is 4. The summed E-state index contributed by atoms with van der Waals surface area (Å²) in [4.78, 5) is 104. The van der Waals surface area contributed by atoms with E-state index >= 15 is 0 Å². The molecule has 1 aliphatic heterocycles. The number of hydrogen-bond donors (Lipinski definition) is 7. The SMILES string of the molecule is Cc1ccc(CN(CCCC[C@@H](NC(=O)N[C@H](C)CCC(=O)O)OC=O)C(=O)CCCCNC(=O)CN2CCN(CC(=O)O)CCN(CC(=O)O)CCN(CC(=O)O)CC2)cc1.[Lu+3]. The summed E-state index contributed by atoms with van der Waals surface area (Å²) in [6.45, 7) is 6.46. The van der Waals surface area contributed by atoms with Crippen LogP contribution >= 0.6 is 0 Å². The maximum atomic E-state index is 13.5. The quantitative estimate of drug-likeness (QED) is 0.0355. The topological polar surface area (TPSA) is 279 Å². The first kappa shape index (κ1) is 56.9. The number of carboxylic acid groups (broad SMARTS) is 4. The molecule has 0 saturated carbocycles. The van der Waals surface area contributed by atoms with Crippen LogP contribution in [0.5, 0.6) is 0 Å². The van der Waals surface area contributed by atoms with Crippen molar-refractivity contribution in [2.24, 2.45) is 0 Å². The monoisotopic (exact) mass is 1050 g/mol. The van der Waals surface area contributed by atoms with Crippen LogP contribution in [0, 0.1) is 43.8 Å². The van der Waals surface area contributed by atoms with Gasteiger partial charge >= 0.3 is 66.8 Å². The fourth-order valence-electron chi connectivity index (χ4n) is 6.73. The Morgan fingerprint density at radius 2 is 1.19 bits per heavy atom. The number of hydrogen-bond acceptors (Lipinski definition) is 13. The first-order valence-corrected chi connectivity index (χ1v) is 21.1. The van der Waals surface area contributed by atoms with Gasteiger partial charge in [0.1, 0.15) is 0 Å². The molecule has 1 aromatic carbocycles.